The lowest BCUT2D eigenvalue weighted by atomic mass is 10.0. The zero-order valence-electron chi connectivity index (χ0n) is 11.5. The fraction of sp³-hybridized carbons (Fsp3) is 0.786. The summed E-state index contributed by atoms with van der Waals surface area (Å²) < 4.78 is 0. The van der Waals surface area contributed by atoms with Crippen molar-refractivity contribution in [2.75, 3.05) is 26.7 Å². The highest BCUT2D eigenvalue weighted by Crippen LogP contribution is 2.35. The topological polar surface area (TPSA) is 44.0 Å². The standard InChI is InChI=1S/C14H24N4/c1-10-13(11-5-3-4-6-11)17-14(16-10)12-9-18(2)8-7-15-12/h11-12,15H,3-9H2,1-2H3,(H,16,17). The van der Waals surface area contributed by atoms with Crippen LogP contribution in [0, 0.1) is 6.92 Å². The highest BCUT2D eigenvalue weighted by molar-refractivity contribution is 5.20. The van der Waals surface area contributed by atoms with Crippen molar-refractivity contribution in [1.29, 1.82) is 0 Å². The molecular formula is C14H24N4. The molecule has 0 spiro atoms. The fourth-order valence-corrected chi connectivity index (χ4v) is 3.34. The molecule has 0 aromatic carbocycles. The summed E-state index contributed by atoms with van der Waals surface area (Å²) in [7, 11) is 2.18. The van der Waals surface area contributed by atoms with E-state index in [1.807, 2.05) is 0 Å². The Labute approximate surface area is 109 Å². The van der Waals surface area contributed by atoms with Gasteiger partial charge in [0, 0.05) is 31.2 Å². The van der Waals surface area contributed by atoms with Crippen molar-refractivity contribution in [1.82, 2.24) is 20.2 Å². The van der Waals surface area contributed by atoms with E-state index < -0.39 is 0 Å². The van der Waals surface area contributed by atoms with Gasteiger partial charge < -0.3 is 15.2 Å². The second kappa shape index (κ2) is 5.02. The lowest BCUT2D eigenvalue weighted by Gasteiger charge is -2.29. The Bertz CT molecular complexity index is 406. The average molecular weight is 248 g/mol. The van der Waals surface area contributed by atoms with E-state index in [0.717, 1.165) is 25.5 Å². The van der Waals surface area contributed by atoms with Crippen molar-refractivity contribution in [3.05, 3.63) is 17.2 Å². The van der Waals surface area contributed by atoms with Crippen LogP contribution in [-0.4, -0.2) is 41.5 Å². The molecule has 1 aromatic rings. The normalized spacial score (nSPS) is 26.9. The predicted molar refractivity (Wildman–Crippen MR) is 72.8 cm³/mol. The van der Waals surface area contributed by atoms with E-state index in [1.165, 1.54) is 37.1 Å². The summed E-state index contributed by atoms with van der Waals surface area (Å²) in [6.45, 7) is 5.42. The van der Waals surface area contributed by atoms with E-state index >= 15 is 0 Å². The van der Waals surface area contributed by atoms with Gasteiger partial charge in [-0.25, -0.2) is 4.98 Å². The molecule has 2 aliphatic rings. The van der Waals surface area contributed by atoms with Gasteiger partial charge in [0.05, 0.1) is 11.7 Å². The molecule has 2 heterocycles. The number of aryl methyl sites for hydroxylation is 1. The lowest BCUT2D eigenvalue weighted by molar-refractivity contribution is 0.236. The lowest BCUT2D eigenvalue weighted by Crippen LogP contribution is -2.44. The van der Waals surface area contributed by atoms with Crippen LogP contribution in [0.2, 0.25) is 0 Å². The smallest absolute Gasteiger partial charge is 0.125 e. The van der Waals surface area contributed by atoms with Gasteiger partial charge in [-0.2, -0.15) is 0 Å². The first-order valence-electron chi connectivity index (χ1n) is 7.22. The van der Waals surface area contributed by atoms with E-state index in [4.69, 9.17) is 4.98 Å². The number of aromatic amines is 1. The van der Waals surface area contributed by atoms with Gasteiger partial charge in [-0.3, -0.25) is 0 Å². The number of piperazine rings is 1. The average Bonchev–Trinajstić information content (AvgIpc) is 2.97. The summed E-state index contributed by atoms with van der Waals surface area (Å²) in [5, 5.41) is 3.56. The molecule has 3 rings (SSSR count). The molecule has 1 saturated heterocycles. The van der Waals surface area contributed by atoms with Crippen molar-refractivity contribution < 1.29 is 0 Å². The Morgan fingerprint density at radius 3 is 2.78 bits per heavy atom. The number of aromatic nitrogens is 2. The van der Waals surface area contributed by atoms with Gasteiger partial charge in [-0.05, 0) is 26.8 Å². The van der Waals surface area contributed by atoms with Crippen molar-refractivity contribution in [2.45, 2.75) is 44.6 Å². The molecule has 100 valence electrons. The van der Waals surface area contributed by atoms with E-state index in [2.05, 4.69) is 29.2 Å². The van der Waals surface area contributed by atoms with Crippen molar-refractivity contribution in [3.63, 3.8) is 0 Å². The molecule has 0 amide bonds. The molecule has 4 heteroatoms. The summed E-state index contributed by atoms with van der Waals surface area (Å²) >= 11 is 0. The largest absolute Gasteiger partial charge is 0.344 e. The molecule has 2 N–H and O–H groups in total. The van der Waals surface area contributed by atoms with Crippen LogP contribution < -0.4 is 5.32 Å². The number of imidazole rings is 1. The quantitative estimate of drug-likeness (QED) is 0.841. The predicted octanol–water partition coefficient (Wildman–Crippen LogP) is 1.95. The van der Waals surface area contributed by atoms with Gasteiger partial charge in [0.25, 0.3) is 0 Å². The molecule has 18 heavy (non-hydrogen) atoms. The maximum absolute atomic E-state index is 4.91. The first-order valence-corrected chi connectivity index (χ1v) is 7.22. The minimum absolute atomic E-state index is 0.373. The van der Waals surface area contributed by atoms with Crippen LogP contribution in [0.25, 0.3) is 0 Å². The number of hydrogen-bond donors (Lipinski definition) is 2. The van der Waals surface area contributed by atoms with E-state index in [-0.39, 0.29) is 0 Å². The third kappa shape index (κ3) is 2.31. The van der Waals surface area contributed by atoms with Crippen LogP contribution in [-0.2, 0) is 0 Å². The minimum atomic E-state index is 0.373. The molecule has 4 nitrogen and oxygen atoms in total. The number of nitrogens with zero attached hydrogens (tertiary/aromatic N) is 2. The zero-order valence-corrected chi connectivity index (χ0v) is 11.5. The first-order chi connectivity index (χ1) is 8.74. The molecule has 1 aromatic heterocycles. The number of H-pyrrole nitrogens is 1. The fourth-order valence-electron chi connectivity index (χ4n) is 3.34. The molecular weight excluding hydrogens is 224 g/mol. The monoisotopic (exact) mass is 248 g/mol. The van der Waals surface area contributed by atoms with Crippen molar-refractivity contribution in [2.24, 2.45) is 0 Å². The highest BCUT2D eigenvalue weighted by Gasteiger charge is 2.26. The van der Waals surface area contributed by atoms with Crippen molar-refractivity contribution >= 4 is 0 Å². The minimum Gasteiger partial charge on any atom is -0.344 e. The molecule has 1 aliphatic carbocycles. The molecule has 2 fully saturated rings. The number of nitrogens with one attached hydrogen (secondary N) is 2. The number of hydrogen-bond acceptors (Lipinski definition) is 3. The second-order valence-electron chi connectivity index (χ2n) is 5.88. The third-order valence-corrected chi connectivity index (χ3v) is 4.39. The maximum Gasteiger partial charge on any atom is 0.125 e. The van der Waals surface area contributed by atoms with Gasteiger partial charge in [-0.1, -0.05) is 12.8 Å². The highest BCUT2D eigenvalue weighted by atomic mass is 15.2. The molecule has 1 atom stereocenters. The second-order valence-corrected chi connectivity index (χ2v) is 5.88. The number of rotatable bonds is 2. The zero-order chi connectivity index (χ0) is 12.5. The van der Waals surface area contributed by atoms with Crippen LogP contribution in [0.15, 0.2) is 0 Å². The van der Waals surface area contributed by atoms with Gasteiger partial charge in [0.1, 0.15) is 5.82 Å². The summed E-state index contributed by atoms with van der Waals surface area (Å²) in [6, 6.07) is 0.373. The molecule has 1 unspecified atom stereocenters. The van der Waals surface area contributed by atoms with E-state index in [0.29, 0.717) is 12.0 Å². The SMILES string of the molecule is Cc1[nH]c(C2CN(C)CCN2)nc1C1CCCC1. The molecule has 0 radical (unpaired) electrons. The number of likely N-dealkylation sites (N-methyl/N-ethyl adjacent to an activating group) is 1. The Morgan fingerprint density at radius 1 is 1.28 bits per heavy atom. The van der Waals surface area contributed by atoms with Gasteiger partial charge >= 0.3 is 0 Å². The van der Waals surface area contributed by atoms with Crippen LogP contribution in [0.4, 0.5) is 0 Å². The molecule has 0 bridgehead atoms. The molecule has 1 aliphatic heterocycles. The molecule has 1 saturated carbocycles. The summed E-state index contributed by atoms with van der Waals surface area (Å²) in [5.74, 6) is 1.84. The van der Waals surface area contributed by atoms with Crippen LogP contribution in [0.5, 0.6) is 0 Å². The Hall–Kier alpha value is -0.870. The summed E-state index contributed by atoms with van der Waals surface area (Å²) in [5.41, 5.74) is 2.62. The Morgan fingerprint density at radius 2 is 2.06 bits per heavy atom. The summed E-state index contributed by atoms with van der Waals surface area (Å²) in [4.78, 5) is 10.8. The van der Waals surface area contributed by atoms with Gasteiger partial charge in [0.15, 0.2) is 0 Å². The van der Waals surface area contributed by atoms with E-state index in [1.54, 1.807) is 0 Å². The van der Waals surface area contributed by atoms with Gasteiger partial charge in [0.2, 0.25) is 0 Å². The van der Waals surface area contributed by atoms with Crippen molar-refractivity contribution in [3.8, 4) is 0 Å². The first kappa shape index (κ1) is 12.2. The van der Waals surface area contributed by atoms with Crippen LogP contribution in [0.3, 0.4) is 0 Å². The maximum atomic E-state index is 4.91. The Kier molecular flexibility index (Phi) is 3.39. The van der Waals surface area contributed by atoms with Crippen LogP contribution in [0.1, 0.15) is 54.9 Å². The summed E-state index contributed by atoms with van der Waals surface area (Å²) in [6.07, 6.45) is 5.39. The Balaban J connectivity index is 1.78. The van der Waals surface area contributed by atoms with E-state index in [9.17, 15) is 0 Å². The third-order valence-electron chi connectivity index (χ3n) is 4.39. The van der Waals surface area contributed by atoms with Crippen LogP contribution >= 0.6 is 0 Å². The van der Waals surface area contributed by atoms with Gasteiger partial charge in [-0.15, -0.1) is 0 Å².